The summed E-state index contributed by atoms with van der Waals surface area (Å²) in [6.07, 6.45) is 0. The first-order chi connectivity index (χ1) is 53.2. The lowest BCUT2D eigenvalue weighted by Gasteiger charge is -2.47. The van der Waals surface area contributed by atoms with E-state index in [4.69, 9.17) is 13.9 Å². The van der Waals surface area contributed by atoms with Crippen molar-refractivity contribution in [2.75, 3.05) is 9.80 Å². The van der Waals surface area contributed by atoms with E-state index in [1.54, 1.807) is 0 Å². The number of anilines is 6. The Balaban J connectivity index is 0.964. The molecule has 14 aromatic carbocycles. The summed E-state index contributed by atoms with van der Waals surface area (Å²) in [4.78, 5) is 5.28. The van der Waals surface area contributed by atoms with Gasteiger partial charge in [0, 0.05) is 67.3 Å². The highest BCUT2D eigenvalue weighted by Crippen LogP contribution is 2.55. The van der Waals surface area contributed by atoms with Gasteiger partial charge in [0.05, 0.1) is 11.4 Å². The zero-order valence-electron chi connectivity index (χ0n) is 66.4. The minimum absolute atomic E-state index is 0.120. The Hall–Kier alpha value is -11.8. The van der Waals surface area contributed by atoms with E-state index in [0.717, 1.165) is 162 Å². The van der Waals surface area contributed by atoms with Crippen molar-refractivity contribution in [2.24, 2.45) is 0 Å². The van der Waals surface area contributed by atoms with Gasteiger partial charge in [0.2, 0.25) is 0 Å². The summed E-state index contributed by atoms with van der Waals surface area (Å²) in [7, 11) is 0. The summed E-state index contributed by atoms with van der Waals surface area (Å²) in [6, 6.07) is 107. The van der Waals surface area contributed by atoms with Gasteiger partial charge in [-0.2, -0.15) is 0 Å². The minimum atomic E-state index is -0.386. The van der Waals surface area contributed by atoms with Crippen molar-refractivity contribution in [1.29, 1.82) is 0 Å². The Labute approximate surface area is 655 Å². The zero-order chi connectivity index (χ0) is 76.5. The molecular formula is C104H92B2N2O3. The molecule has 4 aliphatic rings. The van der Waals surface area contributed by atoms with Crippen LogP contribution in [-0.4, -0.2) is 13.4 Å². The third-order valence-electron chi connectivity index (χ3n) is 23.9. The number of furan rings is 1. The number of para-hydroxylation sites is 4. The number of nitrogens with zero attached hydrogens (tertiary/aromatic N) is 2. The molecule has 5 heterocycles. The lowest BCUT2D eigenvalue weighted by Crippen LogP contribution is -2.65. The standard InChI is InChI=1S/C104H92B2N2O3/c1-100(2,3)71-50-69(51-72(58-71)101(4,5)6)76-38-25-28-43-85(76)107-87-57-67(64-34-21-17-22-35-64)46-48-82(87)106-94-88(107)60-75(104(13,14)15)61-89(94)108(86-44-29-26-39-77(86)70-52-73(102(7,8)9)59-74(53-70)103(10,11)12)90-62-93-96-99(95(90)106)110-92-49-47-66(63-32-19-16-20-33-63)55-83(92)105(96)84-56-68(65-36-23-18-24-37-65)54-81(98(84)111-93)80-42-31-41-79-78-40-27-30-45-91(78)109-97(79)80/h16-62H,1-15H3. The van der Waals surface area contributed by atoms with Crippen molar-refractivity contribution < 1.29 is 13.9 Å². The molecule has 0 amide bonds. The van der Waals surface area contributed by atoms with Gasteiger partial charge in [0.25, 0.3) is 13.4 Å². The maximum absolute atomic E-state index is 8.18. The highest BCUT2D eigenvalue weighted by atomic mass is 16.5. The quantitative estimate of drug-likeness (QED) is 0.142. The molecule has 15 aromatic rings. The molecule has 0 fully saturated rings. The van der Waals surface area contributed by atoms with Gasteiger partial charge in [-0.05, 0) is 175 Å². The van der Waals surface area contributed by atoms with Gasteiger partial charge >= 0.3 is 0 Å². The average molecular weight is 1440 g/mol. The highest BCUT2D eigenvalue weighted by Gasteiger charge is 2.52. The third kappa shape index (κ3) is 11.7. The van der Waals surface area contributed by atoms with E-state index in [9.17, 15) is 0 Å². The number of benzene rings is 14. The molecule has 0 spiro atoms. The van der Waals surface area contributed by atoms with Crippen LogP contribution in [0.1, 0.15) is 132 Å². The van der Waals surface area contributed by atoms with E-state index in [-0.39, 0.29) is 40.5 Å². The molecule has 0 bridgehead atoms. The SMILES string of the molecule is CC(C)(C)c1cc(-c2ccccc2N2c3cc(-c4ccccc4)ccc3B3c4c2cc(C(C)(C)C)cc4N(c2ccccc2-c2cc(C(C)(C)C)cc(C(C)(C)C)c2)c2cc4c5c(c23)Oc2ccc(-c3ccccc3)cc2B5c2cc(-c3ccccc3)cc(-c3cccc5c3oc3ccccc35)c2O4)cc(C(C)(C)C)c1. The number of fused-ring (bicyclic) bond motifs is 12. The molecule has 0 saturated heterocycles. The molecule has 0 saturated carbocycles. The first-order valence-electron chi connectivity index (χ1n) is 39.6. The van der Waals surface area contributed by atoms with Crippen LogP contribution < -0.4 is 52.1 Å². The van der Waals surface area contributed by atoms with Crippen molar-refractivity contribution >= 4 is 102 Å². The van der Waals surface area contributed by atoms with Crippen LogP contribution in [0.4, 0.5) is 34.1 Å². The van der Waals surface area contributed by atoms with Crippen LogP contribution in [0.15, 0.2) is 290 Å². The van der Waals surface area contributed by atoms with Crippen molar-refractivity contribution in [3.05, 3.63) is 313 Å². The summed E-state index contributed by atoms with van der Waals surface area (Å²) >= 11 is 0. The average Bonchev–Trinajstić information content (AvgIpc) is 0.846. The summed E-state index contributed by atoms with van der Waals surface area (Å²) in [6.45, 7) is 34.5. The van der Waals surface area contributed by atoms with Gasteiger partial charge in [0.1, 0.15) is 34.2 Å². The van der Waals surface area contributed by atoms with Gasteiger partial charge in [-0.25, -0.2) is 0 Å². The monoisotopic (exact) mass is 1440 g/mol. The van der Waals surface area contributed by atoms with Crippen LogP contribution in [-0.2, 0) is 27.1 Å². The minimum Gasteiger partial charge on any atom is -0.459 e. The second kappa shape index (κ2) is 25.4. The number of hydrogen-bond donors (Lipinski definition) is 0. The molecule has 111 heavy (non-hydrogen) atoms. The molecule has 0 aliphatic carbocycles. The number of ether oxygens (including phenoxy) is 2. The summed E-state index contributed by atoms with van der Waals surface area (Å²) in [5.74, 6) is 3.13. The molecule has 0 atom stereocenters. The molecule has 0 unspecified atom stereocenters. The number of hydrogen-bond acceptors (Lipinski definition) is 5. The molecule has 19 rings (SSSR count). The maximum atomic E-state index is 8.18. The van der Waals surface area contributed by atoms with E-state index in [1.807, 2.05) is 0 Å². The first kappa shape index (κ1) is 69.7. The highest BCUT2D eigenvalue weighted by molar-refractivity contribution is 7.03. The van der Waals surface area contributed by atoms with Crippen molar-refractivity contribution in [2.45, 2.75) is 131 Å². The molecule has 542 valence electrons. The first-order valence-corrected chi connectivity index (χ1v) is 39.6. The molecule has 5 nitrogen and oxygen atoms in total. The third-order valence-corrected chi connectivity index (χ3v) is 23.9. The maximum Gasteiger partial charge on any atom is 0.260 e. The van der Waals surface area contributed by atoms with Crippen LogP contribution in [0.3, 0.4) is 0 Å². The zero-order valence-corrected chi connectivity index (χ0v) is 66.4. The second-order valence-electron chi connectivity index (χ2n) is 36.4. The summed E-state index contributed by atoms with van der Waals surface area (Å²) in [5.41, 5.74) is 33.5. The molecule has 1 aromatic heterocycles. The topological polar surface area (TPSA) is 38.1 Å². The van der Waals surface area contributed by atoms with Gasteiger partial charge in [0.15, 0.2) is 0 Å². The van der Waals surface area contributed by atoms with E-state index < -0.39 is 0 Å². The molecule has 0 N–H and O–H groups in total. The summed E-state index contributed by atoms with van der Waals surface area (Å²) in [5, 5.41) is 2.13. The number of rotatable bonds is 8. The molecule has 4 aliphatic heterocycles. The van der Waals surface area contributed by atoms with Crippen LogP contribution in [0, 0.1) is 0 Å². The van der Waals surface area contributed by atoms with E-state index in [0.29, 0.717) is 0 Å². The second-order valence-corrected chi connectivity index (χ2v) is 36.4. The van der Waals surface area contributed by atoms with E-state index in [2.05, 4.69) is 399 Å². The Morgan fingerprint density at radius 1 is 0.243 bits per heavy atom. The van der Waals surface area contributed by atoms with Crippen molar-refractivity contribution in [1.82, 2.24) is 0 Å². The fourth-order valence-corrected chi connectivity index (χ4v) is 17.8. The summed E-state index contributed by atoms with van der Waals surface area (Å²) < 4.78 is 23.4. The predicted molar refractivity (Wildman–Crippen MR) is 472 cm³/mol. The normalized spacial score (nSPS) is 13.6. The van der Waals surface area contributed by atoms with Crippen molar-refractivity contribution in [3.8, 4) is 89.8 Å². The van der Waals surface area contributed by atoms with Crippen LogP contribution in [0.25, 0.3) is 88.7 Å². The largest absolute Gasteiger partial charge is 0.459 e. The molecular weight excluding hydrogens is 1350 g/mol. The van der Waals surface area contributed by atoms with Gasteiger partial charge < -0.3 is 23.7 Å². The van der Waals surface area contributed by atoms with Gasteiger partial charge in [-0.1, -0.05) is 334 Å². The van der Waals surface area contributed by atoms with Crippen molar-refractivity contribution in [3.63, 3.8) is 0 Å². The molecule has 7 heteroatoms. The smallest absolute Gasteiger partial charge is 0.260 e. The fraction of sp³-hybridized carbons (Fsp3) is 0.192. The lowest BCUT2D eigenvalue weighted by molar-refractivity contribution is 0.468. The van der Waals surface area contributed by atoms with Crippen LogP contribution in [0.2, 0.25) is 0 Å². The Bertz CT molecular complexity index is 6250. The Morgan fingerprint density at radius 2 is 0.685 bits per heavy atom. The van der Waals surface area contributed by atoms with Gasteiger partial charge in [-0.15, -0.1) is 0 Å². The fourth-order valence-electron chi connectivity index (χ4n) is 17.8. The van der Waals surface area contributed by atoms with Crippen LogP contribution >= 0.6 is 0 Å². The van der Waals surface area contributed by atoms with Crippen LogP contribution in [0.5, 0.6) is 23.0 Å². The van der Waals surface area contributed by atoms with E-state index >= 15 is 0 Å². The van der Waals surface area contributed by atoms with Gasteiger partial charge in [-0.3, -0.25) is 0 Å². The predicted octanol–water partition coefficient (Wildman–Crippen LogP) is 24.9. The molecule has 0 radical (unpaired) electrons. The van der Waals surface area contributed by atoms with E-state index in [1.165, 1.54) is 44.3 Å². The Kier molecular flexibility index (Phi) is 15.9. The lowest BCUT2D eigenvalue weighted by atomic mass is 9.30. The Morgan fingerprint density at radius 3 is 1.24 bits per heavy atom.